The summed E-state index contributed by atoms with van der Waals surface area (Å²) in [5.74, 6) is -0.926. The molecule has 21 heavy (non-hydrogen) atoms. The minimum Gasteiger partial charge on any atom is -0.444 e. The lowest BCUT2D eigenvalue weighted by atomic mass is 9.89. The fraction of sp³-hybridized carbons (Fsp3) is 0.857. The molecule has 3 heterocycles. The Hall–Kier alpha value is -1.18. The van der Waals surface area contributed by atoms with E-state index in [0.29, 0.717) is 0 Å². The first-order valence-corrected chi connectivity index (χ1v) is 7.12. The lowest BCUT2D eigenvalue weighted by Gasteiger charge is -2.27. The van der Waals surface area contributed by atoms with Crippen LogP contribution in [0.4, 0.5) is 4.79 Å². The molecule has 3 aliphatic heterocycles. The lowest BCUT2D eigenvalue weighted by molar-refractivity contribution is -0.178. The number of carbonyl (C=O) groups is 2. The third kappa shape index (κ3) is 2.54. The third-order valence-corrected chi connectivity index (χ3v) is 3.68. The molecule has 0 saturated carbocycles. The van der Waals surface area contributed by atoms with Gasteiger partial charge in [-0.1, -0.05) is 0 Å². The van der Waals surface area contributed by atoms with E-state index in [9.17, 15) is 9.59 Å². The molecule has 3 fully saturated rings. The summed E-state index contributed by atoms with van der Waals surface area (Å²) in [7, 11) is 0. The number of nitrogens with one attached hydrogen (secondary N) is 1. The Labute approximate surface area is 123 Å². The molecule has 3 aliphatic rings. The average molecular weight is 299 g/mol. The highest BCUT2D eigenvalue weighted by molar-refractivity contribution is 5.95. The molecule has 0 aliphatic carbocycles. The van der Waals surface area contributed by atoms with Gasteiger partial charge in [-0.05, 0) is 34.6 Å². The van der Waals surface area contributed by atoms with Gasteiger partial charge in [0.05, 0.1) is 0 Å². The molecule has 0 aromatic rings. The Morgan fingerprint density at radius 3 is 2.43 bits per heavy atom. The van der Waals surface area contributed by atoms with Crippen LogP contribution in [0.25, 0.3) is 0 Å². The molecule has 3 rings (SSSR count). The van der Waals surface area contributed by atoms with Crippen molar-refractivity contribution in [1.29, 1.82) is 0 Å². The Balaban J connectivity index is 1.69. The molecule has 5 atom stereocenters. The van der Waals surface area contributed by atoms with Gasteiger partial charge in [0.1, 0.15) is 36.1 Å². The van der Waals surface area contributed by atoms with Crippen molar-refractivity contribution in [3.8, 4) is 0 Å². The van der Waals surface area contributed by atoms with Crippen molar-refractivity contribution in [2.75, 3.05) is 0 Å². The number of amides is 1. The first-order valence-electron chi connectivity index (χ1n) is 7.12. The fourth-order valence-electron chi connectivity index (χ4n) is 3.05. The van der Waals surface area contributed by atoms with Crippen molar-refractivity contribution < 1.29 is 28.5 Å². The molecule has 1 N–H and O–H groups in total. The molecule has 1 amide bonds. The molecule has 7 nitrogen and oxygen atoms in total. The number of rotatable bonds is 1. The van der Waals surface area contributed by atoms with Crippen LogP contribution in [-0.2, 0) is 23.7 Å². The zero-order valence-electron chi connectivity index (χ0n) is 12.8. The van der Waals surface area contributed by atoms with Gasteiger partial charge < -0.3 is 24.3 Å². The number of fused-ring (bicyclic) bond motifs is 5. The van der Waals surface area contributed by atoms with Gasteiger partial charge in [-0.15, -0.1) is 0 Å². The number of alkyl carbamates (subject to hydrolysis) is 1. The van der Waals surface area contributed by atoms with Crippen LogP contribution in [0.15, 0.2) is 0 Å². The van der Waals surface area contributed by atoms with Gasteiger partial charge in [0.2, 0.25) is 0 Å². The van der Waals surface area contributed by atoms with Crippen LogP contribution in [0.2, 0.25) is 0 Å². The van der Waals surface area contributed by atoms with E-state index < -0.39 is 41.8 Å². The summed E-state index contributed by atoms with van der Waals surface area (Å²) in [5, 5.41) is 2.59. The van der Waals surface area contributed by atoms with Crippen LogP contribution in [0, 0.1) is 0 Å². The topological polar surface area (TPSA) is 83.1 Å². The van der Waals surface area contributed by atoms with E-state index >= 15 is 0 Å². The van der Waals surface area contributed by atoms with Crippen molar-refractivity contribution in [3.63, 3.8) is 0 Å². The summed E-state index contributed by atoms with van der Waals surface area (Å²) in [6.45, 7) is 8.88. The molecule has 118 valence electrons. The zero-order chi connectivity index (χ0) is 15.6. The molecule has 7 heteroatoms. The summed E-state index contributed by atoms with van der Waals surface area (Å²) < 4.78 is 22.3. The monoisotopic (exact) mass is 299 g/mol. The van der Waals surface area contributed by atoms with Gasteiger partial charge in [0, 0.05) is 0 Å². The third-order valence-electron chi connectivity index (χ3n) is 3.68. The second-order valence-electron chi connectivity index (χ2n) is 7.11. The first kappa shape index (κ1) is 14.7. The normalized spacial score (nSPS) is 40.2. The van der Waals surface area contributed by atoms with Crippen LogP contribution in [0.5, 0.6) is 0 Å². The van der Waals surface area contributed by atoms with Crippen molar-refractivity contribution >= 4 is 11.9 Å². The van der Waals surface area contributed by atoms with Crippen molar-refractivity contribution in [1.82, 2.24) is 5.32 Å². The number of hydrogen-bond acceptors (Lipinski definition) is 6. The summed E-state index contributed by atoms with van der Waals surface area (Å²) in [5.41, 5.74) is -0.622. The first-order chi connectivity index (χ1) is 9.57. The standard InChI is InChI=1S/C14H21NO6/c1-13(2,3)21-12(17)15-6-7(16)9-11-10(8(6)18-9)19-14(4,5)20-11/h6,8-11H,1-5H3,(H,15,17)/t6-,8-,9+,10-,11+/m0/s1. The van der Waals surface area contributed by atoms with E-state index in [-0.39, 0.29) is 11.9 Å². The molecule has 3 saturated heterocycles. The second kappa shape index (κ2) is 4.41. The fourth-order valence-corrected chi connectivity index (χ4v) is 3.05. The number of Topliss-reactive ketones (excluding diaryl/α,β-unsaturated/α-hetero) is 1. The van der Waals surface area contributed by atoms with Crippen molar-refractivity contribution in [3.05, 3.63) is 0 Å². The highest BCUT2D eigenvalue weighted by atomic mass is 16.8. The Morgan fingerprint density at radius 2 is 1.81 bits per heavy atom. The Kier molecular flexibility index (Phi) is 3.10. The smallest absolute Gasteiger partial charge is 0.408 e. The van der Waals surface area contributed by atoms with E-state index in [1.807, 2.05) is 0 Å². The minimum atomic E-state index is -0.747. The average Bonchev–Trinajstić information content (AvgIpc) is 2.85. The highest BCUT2D eigenvalue weighted by Crippen LogP contribution is 2.44. The largest absolute Gasteiger partial charge is 0.444 e. The van der Waals surface area contributed by atoms with E-state index in [0.717, 1.165) is 0 Å². The number of carbonyl (C=O) groups excluding carboxylic acids is 2. The summed E-state index contributed by atoms with van der Waals surface area (Å²) >= 11 is 0. The summed E-state index contributed by atoms with van der Waals surface area (Å²) in [6.07, 6.45) is -2.58. The molecule has 0 unspecified atom stereocenters. The van der Waals surface area contributed by atoms with Gasteiger partial charge in [0.25, 0.3) is 0 Å². The number of hydrogen-bond donors (Lipinski definition) is 1. The van der Waals surface area contributed by atoms with E-state index in [2.05, 4.69) is 5.32 Å². The Bertz CT molecular complexity index is 482. The molecule has 2 bridgehead atoms. The van der Waals surface area contributed by atoms with Gasteiger partial charge in [-0.25, -0.2) is 4.79 Å². The van der Waals surface area contributed by atoms with Crippen LogP contribution in [-0.4, -0.2) is 53.7 Å². The molecule has 0 aromatic heterocycles. The SMILES string of the molecule is CC(C)(C)OC(=O)N[C@H]1C(=O)[C@H]2O[C@@H]1[C@@H]1OC(C)(C)O[C@@H]12. The highest BCUT2D eigenvalue weighted by Gasteiger charge is 2.66. The quantitative estimate of drug-likeness (QED) is 0.769. The maximum absolute atomic E-state index is 12.3. The van der Waals surface area contributed by atoms with E-state index in [4.69, 9.17) is 18.9 Å². The number of ketones is 1. The van der Waals surface area contributed by atoms with Gasteiger partial charge in [-0.3, -0.25) is 4.79 Å². The van der Waals surface area contributed by atoms with E-state index in [1.54, 1.807) is 34.6 Å². The van der Waals surface area contributed by atoms with E-state index in [1.165, 1.54) is 0 Å². The molecular formula is C14H21NO6. The maximum atomic E-state index is 12.3. The maximum Gasteiger partial charge on any atom is 0.408 e. The zero-order valence-corrected chi connectivity index (χ0v) is 12.8. The predicted molar refractivity (Wildman–Crippen MR) is 70.7 cm³/mol. The number of ether oxygens (including phenoxy) is 4. The lowest BCUT2D eigenvalue weighted by Crippen LogP contribution is -2.56. The summed E-state index contributed by atoms with van der Waals surface area (Å²) in [4.78, 5) is 24.1. The van der Waals surface area contributed by atoms with Crippen LogP contribution in [0.3, 0.4) is 0 Å². The summed E-state index contributed by atoms with van der Waals surface area (Å²) in [6, 6.07) is -0.747. The Morgan fingerprint density at radius 1 is 1.19 bits per heavy atom. The van der Waals surface area contributed by atoms with Gasteiger partial charge >= 0.3 is 6.09 Å². The van der Waals surface area contributed by atoms with Crippen molar-refractivity contribution in [2.24, 2.45) is 0 Å². The molecule has 0 radical (unpaired) electrons. The van der Waals surface area contributed by atoms with Gasteiger partial charge in [0.15, 0.2) is 11.6 Å². The second-order valence-corrected chi connectivity index (χ2v) is 7.11. The van der Waals surface area contributed by atoms with Crippen LogP contribution in [0.1, 0.15) is 34.6 Å². The molecule has 0 aromatic carbocycles. The predicted octanol–water partition coefficient (Wildman–Crippen LogP) is 0.750. The molecular weight excluding hydrogens is 278 g/mol. The van der Waals surface area contributed by atoms with Crippen LogP contribution >= 0.6 is 0 Å². The van der Waals surface area contributed by atoms with Gasteiger partial charge in [-0.2, -0.15) is 0 Å². The molecule has 0 spiro atoms. The van der Waals surface area contributed by atoms with Crippen molar-refractivity contribution in [2.45, 2.75) is 76.5 Å². The van der Waals surface area contributed by atoms with Crippen LogP contribution < -0.4 is 5.32 Å². The minimum absolute atomic E-state index is 0.187.